The van der Waals surface area contributed by atoms with Crippen molar-refractivity contribution in [1.82, 2.24) is 4.98 Å². The first kappa shape index (κ1) is 12.8. The van der Waals surface area contributed by atoms with Gasteiger partial charge in [0.15, 0.2) is 5.78 Å². The van der Waals surface area contributed by atoms with Crippen molar-refractivity contribution in [3.8, 4) is 0 Å². The number of carbonyl (C=O) groups excluding carboxylic acids is 1. The smallest absolute Gasteiger partial charge is 0.164 e. The molecule has 0 saturated heterocycles. The van der Waals surface area contributed by atoms with E-state index in [0.29, 0.717) is 24.5 Å². The largest absolute Gasteiger partial charge is 0.385 e. The molecule has 3 heteroatoms. The van der Waals surface area contributed by atoms with Crippen LogP contribution in [0, 0.1) is 0 Å². The Morgan fingerprint density at radius 3 is 2.81 bits per heavy atom. The third-order valence-electron chi connectivity index (χ3n) is 2.50. The number of ether oxygens (including phenoxy) is 1. The number of aromatic nitrogens is 1. The number of methoxy groups -OCH3 is 1. The van der Waals surface area contributed by atoms with E-state index in [9.17, 15) is 4.79 Å². The fraction of sp³-hybridized carbons (Fsp3) is 0.538. The zero-order chi connectivity index (χ0) is 12.0. The van der Waals surface area contributed by atoms with Gasteiger partial charge in [-0.15, -0.1) is 0 Å². The van der Waals surface area contributed by atoms with Crippen molar-refractivity contribution in [2.45, 2.75) is 32.6 Å². The summed E-state index contributed by atoms with van der Waals surface area (Å²) in [6, 6.07) is 1.94. The summed E-state index contributed by atoms with van der Waals surface area (Å²) in [6.07, 6.45) is 4.75. The molecule has 16 heavy (non-hydrogen) atoms. The summed E-state index contributed by atoms with van der Waals surface area (Å²) >= 11 is 0. The van der Waals surface area contributed by atoms with Crippen LogP contribution >= 0.6 is 0 Å². The molecule has 0 aromatic carbocycles. The fourth-order valence-electron chi connectivity index (χ4n) is 1.45. The normalized spacial score (nSPS) is 10.8. The Morgan fingerprint density at radius 2 is 2.19 bits per heavy atom. The second-order valence-corrected chi connectivity index (χ2v) is 4.18. The second kappa shape index (κ2) is 6.38. The molecule has 0 fully saturated rings. The van der Waals surface area contributed by atoms with E-state index in [1.165, 1.54) is 0 Å². The molecule has 1 rings (SSSR count). The first-order valence-electron chi connectivity index (χ1n) is 5.62. The fourth-order valence-corrected chi connectivity index (χ4v) is 1.45. The van der Waals surface area contributed by atoms with Crippen LogP contribution in [0.15, 0.2) is 18.5 Å². The third kappa shape index (κ3) is 3.74. The predicted molar refractivity (Wildman–Crippen MR) is 63.8 cm³/mol. The summed E-state index contributed by atoms with van der Waals surface area (Å²) in [7, 11) is 1.64. The van der Waals surface area contributed by atoms with Crippen molar-refractivity contribution in [2.24, 2.45) is 0 Å². The molecular formula is C13H19NO2. The van der Waals surface area contributed by atoms with Gasteiger partial charge in [0.2, 0.25) is 0 Å². The number of hydrogen-bond donors (Lipinski definition) is 0. The molecule has 3 nitrogen and oxygen atoms in total. The molecule has 0 bridgehead atoms. The summed E-state index contributed by atoms with van der Waals surface area (Å²) in [5.74, 6) is 0.547. The van der Waals surface area contributed by atoms with E-state index in [0.717, 1.165) is 12.0 Å². The molecule has 0 amide bonds. The summed E-state index contributed by atoms with van der Waals surface area (Å²) in [4.78, 5) is 15.9. The Labute approximate surface area is 96.8 Å². The van der Waals surface area contributed by atoms with E-state index < -0.39 is 0 Å². The molecule has 0 N–H and O–H groups in total. The van der Waals surface area contributed by atoms with Crippen LogP contribution < -0.4 is 0 Å². The SMILES string of the molecule is COCCCC(=O)c1cncc(C(C)C)c1. The van der Waals surface area contributed by atoms with Gasteiger partial charge < -0.3 is 4.74 Å². The Morgan fingerprint density at radius 1 is 1.44 bits per heavy atom. The standard InChI is InChI=1S/C13H19NO2/c1-10(2)11-7-12(9-14-8-11)13(15)5-4-6-16-3/h7-10H,4-6H2,1-3H3. The van der Waals surface area contributed by atoms with Gasteiger partial charge in [0.25, 0.3) is 0 Å². The topological polar surface area (TPSA) is 39.2 Å². The highest BCUT2D eigenvalue weighted by Crippen LogP contribution is 2.15. The van der Waals surface area contributed by atoms with Crippen LogP contribution in [0.1, 0.15) is 48.5 Å². The monoisotopic (exact) mass is 221 g/mol. The highest BCUT2D eigenvalue weighted by Gasteiger charge is 2.08. The minimum atomic E-state index is 0.145. The van der Waals surface area contributed by atoms with E-state index in [4.69, 9.17) is 4.74 Å². The lowest BCUT2D eigenvalue weighted by atomic mass is 10.0. The molecule has 0 aliphatic carbocycles. The van der Waals surface area contributed by atoms with Crippen LogP contribution in [-0.2, 0) is 4.74 Å². The van der Waals surface area contributed by atoms with Crippen molar-refractivity contribution in [3.05, 3.63) is 29.6 Å². The predicted octanol–water partition coefficient (Wildman–Crippen LogP) is 2.81. The molecule has 1 heterocycles. The van der Waals surface area contributed by atoms with Crippen LogP contribution in [0.25, 0.3) is 0 Å². The van der Waals surface area contributed by atoms with Gasteiger partial charge in [-0.25, -0.2) is 0 Å². The van der Waals surface area contributed by atoms with Gasteiger partial charge >= 0.3 is 0 Å². The lowest BCUT2D eigenvalue weighted by Crippen LogP contribution is -2.03. The molecule has 0 aliphatic rings. The first-order valence-corrected chi connectivity index (χ1v) is 5.62. The summed E-state index contributed by atoms with van der Waals surface area (Å²) in [6.45, 7) is 4.81. The van der Waals surface area contributed by atoms with Crippen LogP contribution in [0.4, 0.5) is 0 Å². The van der Waals surface area contributed by atoms with Crippen molar-refractivity contribution in [2.75, 3.05) is 13.7 Å². The highest BCUT2D eigenvalue weighted by molar-refractivity contribution is 5.95. The van der Waals surface area contributed by atoms with E-state index >= 15 is 0 Å². The number of Topliss-reactive ketones (excluding diaryl/α,β-unsaturated/α-hetero) is 1. The number of ketones is 1. The maximum absolute atomic E-state index is 11.8. The molecule has 0 aliphatic heterocycles. The summed E-state index contributed by atoms with van der Waals surface area (Å²) < 4.78 is 4.92. The van der Waals surface area contributed by atoms with Crippen molar-refractivity contribution in [1.29, 1.82) is 0 Å². The lowest BCUT2D eigenvalue weighted by molar-refractivity contribution is 0.0963. The van der Waals surface area contributed by atoms with Crippen LogP contribution in [0.3, 0.4) is 0 Å². The lowest BCUT2D eigenvalue weighted by Gasteiger charge is -2.06. The Kier molecular flexibility index (Phi) is 5.12. The van der Waals surface area contributed by atoms with E-state index in [1.54, 1.807) is 13.3 Å². The molecule has 0 spiro atoms. The molecule has 1 aromatic rings. The number of nitrogens with zero attached hydrogens (tertiary/aromatic N) is 1. The number of rotatable bonds is 6. The second-order valence-electron chi connectivity index (χ2n) is 4.18. The van der Waals surface area contributed by atoms with Crippen LogP contribution in [0.2, 0.25) is 0 Å². The third-order valence-corrected chi connectivity index (χ3v) is 2.50. The molecule has 0 atom stereocenters. The maximum atomic E-state index is 11.8. The van der Waals surface area contributed by atoms with Gasteiger partial charge in [0.1, 0.15) is 0 Å². The minimum Gasteiger partial charge on any atom is -0.385 e. The summed E-state index contributed by atoms with van der Waals surface area (Å²) in [5, 5.41) is 0. The van der Waals surface area contributed by atoms with Crippen molar-refractivity contribution in [3.63, 3.8) is 0 Å². The zero-order valence-electron chi connectivity index (χ0n) is 10.2. The Hall–Kier alpha value is -1.22. The van der Waals surface area contributed by atoms with Gasteiger partial charge in [-0.05, 0) is 24.0 Å². The maximum Gasteiger partial charge on any atom is 0.164 e. The summed E-state index contributed by atoms with van der Waals surface area (Å²) in [5.41, 5.74) is 1.82. The highest BCUT2D eigenvalue weighted by atomic mass is 16.5. The Balaban J connectivity index is 2.64. The number of hydrogen-bond acceptors (Lipinski definition) is 3. The van der Waals surface area contributed by atoms with Crippen LogP contribution in [0.5, 0.6) is 0 Å². The average Bonchev–Trinajstić information content (AvgIpc) is 2.29. The molecular weight excluding hydrogens is 202 g/mol. The number of pyridine rings is 1. The molecule has 1 aromatic heterocycles. The molecule has 0 radical (unpaired) electrons. The van der Waals surface area contributed by atoms with Crippen molar-refractivity contribution >= 4 is 5.78 Å². The average molecular weight is 221 g/mol. The van der Waals surface area contributed by atoms with Gasteiger partial charge in [0.05, 0.1) is 0 Å². The number of carbonyl (C=O) groups is 1. The van der Waals surface area contributed by atoms with E-state index in [-0.39, 0.29) is 5.78 Å². The molecule has 88 valence electrons. The van der Waals surface area contributed by atoms with Gasteiger partial charge in [-0.3, -0.25) is 9.78 Å². The van der Waals surface area contributed by atoms with Gasteiger partial charge in [-0.2, -0.15) is 0 Å². The zero-order valence-corrected chi connectivity index (χ0v) is 10.2. The van der Waals surface area contributed by atoms with E-state index in [1.807, 2.05) is 12.3 Å². The van der Waals surface area contributed by atoms with E-state index in [2.05, 4.69) is 18.8 Å². The van der Waals surface area contributed by atoms with Crippen molar-refractivity contribution < 1.29 is 9.53 Å². The molecule has 0 saturated carbocycles. The first-order chi connectivity index (χ1) is 7.65. The van der Waals surface area contributed by atoms with Gasteiger partial charge in [0, 0.05) is 38.1 Å². The quantitative estimate of drug-likeness (QED) is 0.547. The Bertz CT molecular complexity index is 348. The molecule has 0 unspecified atom stereocenters. The van der Waals surface area contributed by atoms with Gasteiger partial charge in [-0.1, -0.05) is 13.8 Å². The van der Waals surface area contributed by atoms with Crippen LogP contribution in [-0.4, -0.2) is 24.5 Å². The minimum absolute atomic E-state index is 0.145.